The van der Waals surface area contributed by atoms with Crippen LogP contribution in [0.4, 0.5) is 0 Å². The van der Waals surface area contributed by atoms with E-state index in [0.29, 0.717) is 35.1 Å². The first-order valence-corrected chi connectivity index (χ1v) is 9.58. The van der Waals surface area contributed by atoms with Crippen LogP contribution in [0.5, 0.6) is 5.88 Å². The average molecular weight is 384 g/mol. The quantitative estimate of drug-likeness (QED) is 0.521. The number of ether oxygens (including phenoxy) is 1. The van der Waals surface area contributed by atoms with E-state index < -0.39 is 0 Å². The van der Waals surface area contributed by atoms with E-state index in [9.17, 15) is 4.79 Å². The molecule has 0 bridgehead atoms. The number of fused-ring (bicyclic) bond motifs is 3. The Morgan fingerprint density at radius 2 is 1.97 bits per heavy atom. The monoisotopic (exact) mass is 384 g/mol. The van der Waals surface area contributed by atoms with Crippen LogP contribution in [-0.2, 0) is 4.79 Å². The maximum atomic E-state index is 12.9. The van der Waals surface area contributed by atoms with Crippen LogP contribution in [0.1, 0.15) is 36.3 Å². The first-order valence-electron chi connectivity index (χ1n) is 9.58. The Morgan fingerprint density at radius 3 is 2.79 bits per heavy atom. The number of benzene rings is 1. The van der Waals surface area contributed by atoms with E-state index in [1.807, 2.05) is 36.4 Å². The third-order valence-corrected chi connectivity index (χ3v) is 5.47. The van der Waals surface area contributed by atoms with Gasteiger partial charge in [0.15, 0.2) is 17.2 Å². The molecule has 0 saturated heterocycles. The largest absolute Gasteiger partial charge is 0.461 e. The molecule has 0 radical (unpaired) electrons. The second-order valence-corrected chi connectivity index (χ2v) is 7.20. The van der Waals surface area contributed by atoms with Crippen molar-refractivity contribution in [3.05, 3.63) is 77.5 Å². The fraction of sp³-hybridized carbons (Fsp3) is 0.182. The minimum atomic E-state index is -0.285. The molecule has 0 spiro atoms. The lowest BCUT2D eigenvalue weighted by molar-refractivity contribution is -0.116. The molecule has 142 valence electrons. The number of Topliss-reactive ketones (excluding diaryl/α,β-unsaturated/α-hetero) is 1. The van der Waals surface area contributed by atoms with Gasteiger partial charge >= 0.3 is 0 Å². The van der Waals surface area contributed by atoms with Crippen LogP contribution in [0.3, 0.4) is 0 Å². The summed E-state index contributed by atoms with van der Waals surface area (Å²) >= 11 is 0. The number of hydrogen-bond acceptors (Lipinski definition) is 6. The number of rotatable bonds is 2. The summed E-state index contributed by atoms with van der Waals surface area (Å²) in [5.41, 5.74) is 3.10. The van der Waals surface area contributed by atoms with E-state index >= 15 is 0 Å². The number of allylic oxidation sites excluding steroid dienone is 2. The molecule has 0 N–H and O–H groups in total. The van der Waals surface area contributed by atoms with Gasteiger partial charge in [0.2, 0.25) is 11.7 Å². The Balaban J connectivity index is 1.63. The van der Waals surface area contributed by atoms with Gasteiger partial charge in [-0.05, 0) is 24.1 Å². The highest BCUT2D eigenvalue weighted by Gasteiger charge is 2.39. The lowest BCUT2D eigenvalue weighted by Gasteiger charge is -2.31. The Kier molecular flexibility index (Phi) is 3.43. The Morgan fingerprint density at radius 1 is 1.07 bits per heavy atom. The van der Waals surface area contributed by atoms with Crippen molar-refractivity contribution in [3.63, 3.8) is 0 Å². The molecule has 6 rings (SSSR count). The number of carbonyl (C=O) groups excluding carboxylic acids is 1. The highest BCUT2D eigenvalue weighted by atomic mass is 16.5. The van der Waals surface area contributed by atoms with Gasteiger partial charge in [-0.2, -0.15) is 0 Å². The van der Waals surface area contributed by atoms with Gasteiger partial charge < -0.3 is 9.15 Å². The van der Waals surface area contributed by atoms with Gasteiger partial charge in [-0.25, -0.2) is 14.5 Å². The molecule has 29 heavy (non-hydrogen) atoms. The summed E-state index contributed by atoms with van der Waals surface area (Å²) < 4.78 is 13.2. The van der Waals surface area contributed by atoms with Crippen molar-refractivity contribution in [3.8, 4) is 17.5 Å². The second kappa shape index (κ2) is 6.13. The third-order valence-electron chi connectivity index (χ3n) is 5.47. The molecule has 0 unspecified atom stereocenters. The van der Waals surface area contributed by atoms with E-state index in [4.69, 9.17) is 14.1 Å². The van der Waals surface area contributed by atoms with Gasteiger partial charge in [0.05, 0.1) is 11.8 Å². The van der Waals surface area contributed by atoms with E-state index in [0.717, 1.165) is 29.7 Å². The van der Waals surface area contributed by atoms with Crippen molar-refractivity contribution in [1.29, 1.82) is 0 Å². The SMILES string of the molecule is O=C1CCCC2=C1[C@H](c1ccccc1)c1c(ncn3nc(-c4ccco4)nc13)O2. The van der Waals surface area contributed by atoms with Crippen LogP contribution in [-0.4, -0.2) is 25.4 Å². The van der Waals surface area contributed by atoms with Crippen molar-refractivity contribution >= 4 is 11.4 Å². The molecule has 3 aromatic heterocycles. The van der Waals surface area contributed by atoms with Crippen molar-refractivity contribution in [2.75, 3.05) is 0 Å². The molecular formula is C22H16N4O3. The Hall–Kier alpha value is -3.74. The number of hydrogen-bond donors (Lipinski definition) is 0. The normalized spacial score (nSPS) is 18.5. The van der Waals surface area contributed by atoms with E-state index in [1.54, 1.807) is 23.2 Å². The van der Waals surface area contributed by atoms with Gasteiger partial charge in [0, 0.05) is 24.3 Å². The fourth-order valence-electron chi connectivity index (χ4n) is 4.21. The first-order chi connectivity index (χ1) is 14.3. The minimum Gasteiger partial charge on any atom is -0.461 e. The van der Waals surface area contributed by atoms with Gasteiger partial charge in [-0.1, -0.05) is 30.3 Å². The summed E-state index contributed by atoms with van der Waals surface area (Å²) in [4.78, 5) is 22.1. The van der Waals surface area contributed by atoms with Gasteiger partial charge in [-0.3, -0.25) is 4.79 Å². The molecule has 4 heterocycles. The zero-order chi connectivity index (χ0) is 19.4. The van der Waals surface area contributed by atoms with Crippen molar-refractivity contribution < 1.29 is 13.9 Å². The van der Waals surface area contributed by atoms with Crippen molar-refractivity contribution in [2.24, 2.45) is 0 Å². The van der Waals surface area contributed by atoms with Gasteiger partial charge in [0.25, 0.3) is 0 Å². The molecule has 0 amide bonds. The summed E-state index contributed by atoms with van der Waals surface area (Å²) in [6.07, 6.45) is 5.24. The number of furan rings is 1. The third kappa shape index (κ3) is 2.44. The summed E-state index contributed by atoms with van der Waals surface area (Å²) in [6, 6.07) is 13.6. The standard InChI is InChI=1S/C22H16N4O3/c27-14-8-4-9-15-18(14)17(13-6-2-1-3-7-13)19-21-24-20(16-10-5-11-28-16)25-26(21)12-23-22(19)29-15/h1-3,5-7,10-12,17H,4,8-9H2/t17-/m0/s1. The maximum Gasteiger partial charge on any atom is 0.228 e. The minimum absolute atomic E-state index is 0.124. The van der Waals surface area contributed by atoms with Crippen LogP contribution < -0.4 is 4.74 Å². The van der Waals surface area contributed by atoms with E-state index in [1.165, 1.54) is 0 Å². The van der Waals surface area contributed by atoms with Gasteiger partial charge in [0.1, 0.15) is 12.1 Å². The lowest BCUT2D eigenvalue weighted by Crippen LogP contribution is -2.26. The lowest BCUT2D eigenvalue weighted by atomic mass is 9.78. The van der Waals surface area contributed by atoms with Crippen LogP contribution >= 0.6 is 0 Å². The predicted octanol–water partition coefficient (Wildman–Crippen LogP) is 3.92. The van der Waals surface area contributed by atoms with Crippen LogP contribution in [0.25, 0.3) is 17.2 Å². The van der Waals surface area contributed by atoms with Crippen LogP contribution in [0.2, 0.25) is 0 Å². The maximum absolute atomic E-state index is 12.9. The predicted molar refractivity (Wildman–Crippen MR) is 103 cm³/mol. The van der Waals surface area contributed by atoms with Crippen LogP contribution in [0, 0.1) is 0 Å². The summed E-state index contributed by atoms with van der Waals surface area (Å²) in [5, 5.41) is 4.51. The number of nitrogens with zero attached hydrogens (tertiary/aromatic N) is 4. The highest BCUT2D eigenvalue weighted by molar-refractivity contribution is 6.00. The Labute approximate surface area is 165 Å². The number of aromatic nitrogens is 4. The zero-order valence-corrected chi connectivity index (χ0v) is 15.4. The molecule has 0 saturated carbocycles. The van der Waals surface area contributed by atoms with E-state index in [2.05, 4.69) is 10.1 Å². The second-order valence-electron chi connectivity index (χ2n) is 7.20. The number of ketones is 1. The molecule has 0 fully saturated rings. The fourth-order valence-corrected chi connectivity index (χ4v) is 4.21. The molecule has 4 aromatic rings. The number of carbonyl (C=O) groups is 1. The summed E-state index contributed by atoms with van der Waals surface area (Å²) in [6.45, 7) is 0. The molecule has 1 atom stereocenters. The van der Waals surface area contributed by atoms with Crippen molar-refractivity contribution in [1.82, 2.24) is 19.6 Å². The Bertz CT molecular complexity index is 1270. The van der Waals surface area contributed by atoms with E-state index in [-0.39, 0.29) is 11.7 Å². The summed E-state index contributed by atoms with van der Waals surface area (Å²) in [7, 11) is 0. The molecular weight excluding hydrogens is 368 g/mol. The van der Waals surface area contributed by atoms with Gasteiger partial charge in [-0.15, -0.1) is 5.10 Å². The van der Waals surface area contributed by atoms with Crippen molar-refractivity contribution in [2.45, 2.75) is 25.2 Å². The molecule has 1 aliphatic heterocycles. The average Bonchev–Trinajstić information content (AvgIpc) is 3.42. The zero-order valence-electron chi connectivity index (χ0n) is 15.4. The summed E-state index contributed by atoms with van der Waals surface area (Å²) in [5.74, 6) is 2.09. The molecule has 1 aliphatic carbocycles. The smallest absolute Gasteiger partial charge is 0.228 e. The molecule has 7 heteroatoms. The highest BCUT2D eigenvalue weighted by Crippen LogP contribution is 2.47. The molecule has 1 aromatic carbocycles. The molecule has 7 nitrogen and oxygen atoms in total. The first kappa shape index (κ1) is 16.2. The van der Waals surface area contributed by atoms with Crippen LogP contribution in [0.15, 0.2) is 70.8 Å². The topological polar surface area (TPSA) is 82.5 Å². The molecule has 2 aliphatic rings.